The standard InChI is InChI=1S/C16H20O2/c17-9-5-4-8-15-10-16(11-15)13-18-12-14-6-2-1-3-7-14/h1-3,6-9,16H,4-5,10-13H2. The minimum Gasteiger partial charge on any atom is -0.376 e. The Bertz CT molecular complexity index is 387. The number of aldehydes is 1. The van der Waals surface area contributed by atoms with Crippen molar-refractivity contribution >= 4 is 6.29 Å². The van der Waals surface area contributed by atoms with Crippen molar-refractivity contribution in [2.45, 2.75) is 32.3 Å². The van der Waals surface area contributed by atoms with Crippen molar-refractivity contribution in [3.05, 3.63) is 47.5 Å². The zero-order chi connectivity index (χ0) is 12.6. The quantitative estimate of drug-likeness (QED) is 0.417. The molecule has 2 heteroatoms. The molecular weight excluding hydrogens is 224 g/mol. The lowest BCUT2D eigenvalue weighted by Crippen LogP contribution is -2.20. The van der Waals surface area contributed by atoms with Gasteiger partial charge in [-0.25, -0.2) is 0 Å². The van der Waals surface area contributed by atoms with Crippen molar-refractivity contribution in [1.29, 1.82) is 0 Å². The van der Waals surface area contributed by atoms with Gasteiger partial charge in [0.15, 0.2) is 0 Å². The van der Waals surface area contributed by atoms with Crippen LogP contribution in [0.25, 0.3) is 0 Å². The van der Waals surface area contributed by atoms with Crippen LogP contribution in [0.4, 0.5) is 0 Å². The van der Waals surface area contributed by atoms with Crippen molar-refractivity contribution in [3.8, 4) is 0 Å². The van der Waals surface area contributed by atoms with E-state index in [0.29, 0.717) is 18.9 Å². The van der Waals surface area contributed by atoms with Crippen molar-refractivity contribution in [1.82, 2.24) is 0 Å². The van der Waals surface area contributed by atoms with Crippen LogP contribution in [0.3, 0.4) is 0 Å². The molecule has 0 bridgehead atoms. The van der Waals surface area contributed by atoms with Crippen LogP contribution in [0.5, 0.6) is 0 Å². The van der Waals surface area contributed by atoms with Gasteiger partial charge in [-0.2, -0.15) is 0 Å². The van der Waals surface area contributed by atoms with Crippen LogP contribution in [0.2, 0.25) is 0 Å². The summed E-state index contributed by atoms with van der Waals surface area (Å²) in [6, 6.07) is 10.3. The number of hydrogen-bond acceptors (Lipinski definition) is 2. The Kier molecular flexibility index (Phi) is 5.15. The summed E-state index contributed by atoms with van der Waals surface area (Å²) >= 11 is 0. The van der Waals surface area contributed by atoms with E-state index < -0.39 is 0 Å². The molecule has 0 aliphatic heterocycles. The first-order chi connectivity index (χ1) is 8.88. The van der Waals surface area contributed by atoms with Gasteiger partial charge in [0.2, 0.25) is 0 Å². The molecule has 0 N–H and O–H groups in total. The Hall–Kier alpha value is -1.41. The molecule has 1 aliphatic carbocycles. The molecule has 0 atom stereocenters. The zero-order valence-electron chi connectivity index (χ0n) is 10.7. The summed E-state index contributed by atoms with van der Waals surface area (Å²) < 4.78 is 5.71. The highest BCUT2D eigenvalue weighted by Crippen LogP contribution is 2.33. The molecule has 18 heavy (non-hydrogen) atoms. The molecule has 0 radical (unpaired) electrons. The molecule has 0 aromatic heterocycles. The van der Waals surface area contributed by atoms with Gasteiger partial charge in [-0.3, -0.25) is 0 Å². The smallest absolute Gasteiger partial charge is 0.120 e. The van der Waals surface area contributed by atoms with E-state index in [0.717, 1.165) is 32.2 Å². The van der Waals surface area contributed by atoms with Gasteiger partial charge in [0.25, 0.3) is 0 Å². The summed E-state index contributed by atoms with van der Waals surface area (Å²) in [5.74, 6) is 0.677. The number of ether oxygens (including phenoxy) is 1. The van der Waals surface area contributed by atoms with E-state index in [2.05, 4.69) is 18.2 Å². The second kappa shape index (κ2) is 7.12. The van der Waals surface area contributed by atoms with Crippen molar-refractivity contribution in [2.24, 2.45) is 5.92 Å². The molecule has 1 aromatic carbocycles. The molecule has 0 amide bonds. The number of carbonyl (C=O) groups excluding carboxylic acids is 1. The monoisotopic (exact) mass is 244 g/mol. The number of allylic oxidation sites excluding steroid dienone is 2. The largest absolute Gasteiger partial charge is 0.376 e. The summed E-state index contributed by atoms with van der Waals surface area (Å²) in [6.07, 6.45) is 7.04. The Balaban J connectivity index is 1.57. The lowest BCUT2D eigenvalue weighted by Gasteiger charge is -2.29. The van der Waals surface area contributed by atoms with Crippen LogP contribution in [-0.4, -0.2) is 12.9 Å². The molecule has 0 unspecified atom stereocenters. The number of unbranched alkanes of at least 4 members (excludes halogenated alkanes) is 1. The minimum absolute atomic E-state index is 0.651. The second-order valence-corrected chi connectivity index (χ2v) is 4.88. The van der Waals surface area contributed by atoms with E-state index in [1.807, 2.05) is 18.2 Å². The summed E-state index contributed by atoms with van der Waals surface area (Å²) in [5, 5.41) is 0. The number of benzene rings is 1. The molecule has 1 aliphatic rings. The van der Waals surface area contributed by atoms with Gasteiger partial charge in [-0.15, -0.1) is 0 Å². The van der Waals surface area contributed by atoms with E-state index in [4.69, 9.17) is 4.74 Å². The molecule has 1 fully saturated rings. The van der Waals surface area contributed by atoms with Crippen LogP contribution in [-0.2, 0) is 16.1 Å². The third kappa shape index (κ3) is 4.11. The van der Waals surface area contributed by atoms with Gasteiger partial charge in [0.05, 0.1) is 13.2 Å². The van der Waals surface area contributed by atoms with E-state index in [-0.39, 0.29) is 0 Å². The van der Waals surface area contributed by atoms with Gasteiger partial charge in [-0.05, 0) is 30.7 Å². The Morgan fingerprint density at radius 1 is 1.17 bits per heavy atom. The first kappa shape index (κ1) is 13.0. The SMILES string of the molecule is O=CCCC=C1CC(COCc2ccccc2)C1. The van der Waals surface area contributed by atoms with Gasteiger partial charge in [-0.1, -0.05) is 42.0 Å². The van der Waals surface area contributed by atoms with E-state index >= 15 is 0 Å². The normalized spacial score (nSPS) is 18.2. The minimum atomic E-state index is 0.651. The van der Waals surface area contributed by atoms with Gasteiger partial charge >= 0.3 is 0 Å². The molecule has 2 rings (SSSR count). The maximum atomic E-state index is 10.2. The number of carbonyl (C=O) groups is 1. The van der Waals surface area contributed by atoms with Crippen LogP contribution in [0.1, 0.15) is 31.2 Å². The molecule has 96 valence electrons. The van der Waals surface area contributed by atoms with E-state index in [9.17, 15) is 4.79 Å². The molecular formula is C16H20O2. The zero-order valence-corrected chi connectivity index (χ0v) is 10.7. The maximum Gasteiger partial charge on any atom is 0.120 e. The summed E-state index contributed by atoms with van der Waals surface area (Å²) in [4.78, 5) is 10.2. The number of rotatable bonds is 7. The van der Waals surface area contributed by atoms with Crippen molar-refractivity contribution in [3.63, 3.8) is 0 Å². The number of hydrogen-bond donors (Lipinski definition) is 0. The first-order valence-electron chi connectivity index (χ1n) is 6.61. The van der Waals surface area contributed by atoms with Gasteiger partial charge in [0, 0.05) is 6.42 Å². The van der Waals surface area contributed by atoms with Crippen LogP contribution in [0.15, 0.2) is 42.0 Å². The summed E-state index contributed by atoms with van der Waals surface area (Å²) in [5.41, 5.74) is 2.73. The van der Waals surface area contributed by atoms with Gasteiger partial charge in [0.1, 0.15) is 6.29 Å². The second-order valence-electron chi connectivity index (χ2n) is 4.88. The average Bonchev–Trinajstić information content (AvgIpc) is 2.36. The predicted octanol–water partition coefficient (Wildman–Crippen LogP) is 3.52. The summed E-state index contributed by atoms with van der Waals surface area (Å²) in [7, 11) is 0. The van der Waals surface area contributed by atoms with Crippen LogP contribution >= 0.6 is 0 Å². The molecule has 0 heterocycles. The lowest BCUT2D eigenvalue weighted by molar-refractivity contribution is -0.107. The fourth-order valence-corrected chi connectivity index (χ4v) is 2.24. The highest BCUT2D eigenvalue weighted by Gasteiger charge is 2.22. The van der Waals surface area contributed by atoms with Crippen LogP contribution < -0.4 is 0 Å². The van der Waals surface area contributed by atoms with Crippen molar-refractivity contribution in [2.75, 3.05) is 6.61 Å². The molecule has 1 aromatic rings. The van der Waals surface area contributed by atoms with E-state index in [1.54, 1.807) is 0 Å². The summed E-state index contributed by atoms with van der Waals surface area (Å²) in [6.45, 7) is 1.56. The highest BCUT2D eigenvalue weighted by atomic mass is 16.5. The predicted molar refractivity (Wildman–Crippen MR) is 72.2 cm³/mol. The Morgan fingerprint density at radius 3 is 2.67 bits per heavy atom. The lowest BCUT2D eigenvalue weighted by atomic mass is 9.80. The maximum absolute atomic E-state index is 10.2. The molecule has 0 spiro atoms. The fraction of sp³-hybridized carbons (Fsp3) is 0.438. The Labute approximate surface area is 109 Å². The van der Waals surface area contributed by atoms with Crippen molar-refractivity contribution < 1.29 is 9.53 Å². The fourth-order valence-electron chi connectivity index (χ4n) is 2.24. The third-order valence-corrected chi connectivity index (χ3v) is 3.28. The average molecular weight is 244 g/mol. The molecule has 0 saturated heterocycles. The first-order valence-corrected chi connectivity index (χ1v) is 6.61. The topological polar surface area (TPSA) is 26.3 Å². The Morgan fingerprint density at radius 2 is 1.94 bits per heavy atom. The van der Waals surface area contributed by atoms with Crippen LogP contribution in [0, 0.1) is 5.92 Å². The van der Waals surface area contributed by atoms with Gasteiger partial charge < -0.3 is 9.53 Å². The molecule has 2 nitrogen and oxygen atoms in total. The third-order valence-electron chi connectivity index (χ3n) is 3.28. The highest BCUT2D eigenvalue weighted by molar-refractivity contribution is 5.49. The molecule has 1 saturated carbocycles. The van der Waals surface area contributed by atoms with E-state index in [1.165, 1.54) is 11.1 Å².